The average molecular weight is 331 g/mol. The Morgan fingerprint density at radius 2 is 2.04 bits per heavy atom. The second kappa shape index (κ2) is 6.76. The van der Waals surface area contributed by atoms with Gasteiger partial charge in [-0.2, -0.15) is 0 Å². The standard InChI is InChI=1S/C18H29N5O/c1-14(2)22-8-9-23-15(13-22)3-10-24-17-11-16(12-20-18(17)23)21-6-4-19-5-7-21/h11-12,14-15,19H,3-10,13H2,1-2H3/t15-/m0/s1. The van der Waals surface area contributed by atoms with Gasteiger partial charge in [0.15, 0.2) is 11.6 Å². The fourth-order valence-electron chi connectivity index (χ4n) is 4.02. The summed E-state index contributed by atoms with van der Waals surface area (Å²) >= 11 is 0. The molecule has 1 atom stereocenters. The van der Waals surface area contributed by atoms with Crippen LogP contribution in [0.1, 0.15) is 20.3 Å². The van der Waals surface area contributed by atoms with Gasteiger partial charge in [-0.3, -0.25) is 4.90 Å². The third kappa shape index (κ3) is 3.05. The Morgan fingerprint density at radius 1 is 1.21 bits per heavy atom. The van der Waals surface area contributed by atoms with Gasteiger partial charge in [0.25, 0.3) is 0 Å². The minimum absolute atomic E-state index is 0.514. The van der Waals surface area contributed by atoms with Crippen LogP contribution in [0.15, 0.2) is 12.3 Å². The van der Waals surface area contributed by atoms with E-state index in [2.05, 4.69) is 39.9 Å². The van der Waals surface area contributed by atoms with E-state index in [9.17, 15) is 0 Å². The van der Waals surface area contributed by atoms with E-state index in [1.165, 1.54) is 5.69 Å². The van der Waals surface area contributed by atoms with E-state index in [4.69, 9.17) is 9.72 Å². The molecule has 0 amide bonds. The summed E-state index contributed by atoms with van der Waals surface area (Å²) in [4.78, 5) is 12.3. The zero-order valence-corrected chi connectivity index (χ0v) is 14.9. The molecule has 6 nitrogen and oxygen atoms in total. The van der Waals surface area contributed by atoms with Crippen molar-refractivity contribution in [2.24, 2.45) is 0 Å². The minimum Gasteiger partial charge on any atom is -0.490 e. The molecule has 4 heterocycles. The van der Waals surface area contributed by atoms with Crippen molar-refractivity contribution in [3.8, 4) is 5.75 Å². The molecule has 4 rings (SSSR count). The molecule has 0 aliphatic carbocycles. The van der Waals surface area contributed by atoms with Crippen LogP contribution in [-0.4, -0.2) is 74.4 Å². The fourth-order valence-corrected chi connectivity index (χ4v) is 4.02. The molecular weight excluding hydrogens is 302 g/mol. The van der Waals surface area contributed by atoms with Crippen molar-refractivity contribution in [3.05, 3.63) is 12.3 Å². The van der Waals surface area contributed by atoms with Crippen LogP contribution in [0.5, 0.6) is 5.75 Å². The van der Waals surface area contributed by atoms with E-state index < -0.39 is 0 Å². The van der Waals surface area contributed by atoms with Gasteiger partial charge >= 0.3 is 0 Å². The Bertz CT molecular complexity index is 573. The number of pyridine rings is 1. The Morgan fingerprint density at radius 3 is 2.83 bits per heavy atom. The summed E-state index contributed by atoms with van der Waals surface area (Å²) in [6, 6.07) is 3.32. The third-order valence-corrected chi connectivity index (χ3v) is 5.53. The molecule has 0 saturated carbocycles. The second-order valence-corrected chi connectivity index (χ2v) is 7.33. The summed E-state index contributed by atoms with van der Waals surface area (Å²) in [5.74, 6) is 2.01. The minimum atomic E-state index is 0.514. The van der Waals surface area contributed by atoms with Crippen molar-refractivity contribution in [2.45, 2.75) is 32.4 Å². The van der Waals surface area contributed by atoms with Gasteiger partial charge < -0.3 is 19.9 Å². The van der Waals surface area contributed by atoms with E-state index in [1.54, 1.807) is 0 Å². The van der Waals surface area contributed by atoms with E-state index in [0.717, 1.165) is 70.4 Å². The predicted octanol–water partition coefficient (Wildman–Crippen LogP) is 1.17. The number of aromatic nitrogens is 1. The first-order valence-corrected chi connectivity index (χ1v) is 9.31. The summed E-state index contributed by atoms with van der Waals surface area (Å²) in [5, 5.41) is 3.40. The predicted molar refractivity (Wildman–Crippen MR) is 97.3 cm³/mol. The largest absolute Gasteiger partial charge is 0.490 e. The Labute approximate surface area is 144 Å². The number of rotatable bonds is 2. The molecule has 3 aliphatic rings. The molecular formula is C18H29N5O. The average Bonchev–Trinajstić information content (AvgIpc) is 2.80. The quantitative estimate of drug-likeness (QED) is 0.878. The van der Waals surface area contributed by atoms with Crippen molar-refractivity contribution in [1.82, 2.24) is 15.2 Å². The van der Waals surface area contributed by atoms with E-state index in [1.807, 2.05) is 6.20 Å². The summed E-state index contributed by atoms with van der Waals surface area (Å²) in [7, 11) is 0. The summed E-state index contributed by atoms with van der Waals surface area (Å²) in [6.45, 7) is 12.8. The SMILES string of the molecule is CC(C)N1CCN2c3ncc(N4CCNCC4)cc3OCC[C@H]2C1. The van der Waals surface area contributed by atoms with E-state index in [0.29, 0.717) is 12.1 Å². The summed E-state index contributed by atoms with van der Waals surface area (Å²) < 4.78 is 6.10. The zero-order valence-electron chi connectivity index (χ0n) is 14.9. The van der Waals surface area contributed by atoms with Crippen LogP contribution in [-0.2, 0) is 0 Å². The van der Waals surface area contributed by atoms with Crippen LogP contribution < -0.4 is 19.9 Å². The number of nitrogens with one attached hydrogen (secondary N) is 1. The summed E-state index contributed by atoms with van der Waals surface area (Å²) in [5.41, 5.74) is 1.19. The molecule has 0 radical (unpaired) electrons. The van der Waals surface area contributed by atoms with Crippen molar-refractivity contribution < 1.29 is 4.74 Å². The molecule has 0 unspecified atom stereocenters. The molecule has 2 fully saturated rings. The van der Waals surface area contributed by atoms with Crippen LogP contribution in [0.2, 0.25) is 0 Å². The number of piperazine rings is 2. The van der Waals surface area contributed by atoms with E-state index >= 15 is 0 Å². The highest BCUT2D eigenvalue weighted by Gasteiger charge is 2.33. The smallest absolute Gasteiger partial charge is 0.171 e. The highest BCUT2D eigenvalue weighted by Crippen LogP contribution is 2.35. The molecule has 1 N–H and O–H groups in total. The first kappa shape index (κ1) is 16.0. The number of anilines is 2. The topological polar surface area (TPSA) is 43.9 Å². The van der Waals surface area contributed by atoms with Crippen molar-refractivity contribution >= 4 is 11.5 Å². The van der Waals surface area contributed by atoms with Gasteiger partial charge in [-0.25, -0.2) is 4.98 Å². The maximum Gasteiger partial charge on any atom is 0.171 e. The maximum absolute atomic E-state index is 6.10. The van der Waals surface area contributed by atoms with Gasteiger partial charge in [0.2, 0.25) is 0 Å². The molecule has 24 heavy (non-hydrogen) atoms. The lowest BCUT2D eigenvalue weighted by molar-refractivity contribution is 0.172. The van der Waals surface area contributed by atoms with Gasteiger partial charge in [0.1, 0.15) is 0 Å². The van der Waals surface area contributed by atoms with Crippen LogP contribution in [0.25, 0.3) is 0 Å². The molecule has 2 saturated heterocycles. The van der Waals surface area contributed by atoms with Gasteiger partial charge in [-0.15, -0.1) is 0 Å². The number of nitrogens with zero attached hydrogens (tertiary/aromatic N) is 4. The maximum atomic E-state index is 6.10. The molecule has 132 valence electrons. The fraction of sp³-hybridized carbons (Fsp3) is 0.722. The second-order valence-electron chi connectivity index (χ2n) is 7.33. The molecule has 0 aromatic carbocycles. The van der Waals surface area contributed by atoms with Crippen molar-refractivity contribution in [2.75, 3.05) is 62.2 Å². The first-order valence-electron chi connectivity index (χ1n) is 9.31. The number of hydrogen-bond donors (Lipinski definition) is 1. The number of fused-ring (bicyclic) bond motifs is 3. The van der Waals surface area contributed by atoms with Crippen LogP contribution >= 0.6 is 0 Å². The van der Waals surface area contributed by atoms with Crippen LogP contribution in [0.4, 0.5) is 11.5 Å². The van der Waals surface area contributed by atoms with Gasteiger partial charge in [-0.05, 0) is 13.8 Å². The lowest BCUT2D eigenvalue weighted by Gasteiger charge is -2.42. The van der Waals surface area contributed by atoms with Gasteiger partial charge in [0, 0.05) is 70.4 Å². The molecule has 1 aromatic rings. The molecule has 0 bridgehead atoms. The van der Waals surface area contributed by atoms with Gasteiger partial charge in [0.05, 0.1) is 18.5 Å². The lowest BCUT2D eigenvalue weighted by Crippen LogP contribution is -2.55. The van der Waals surface area contributed by atoms with Crippen molar-refractivity contribution in [1.29, 1.82) is 0 Å². The highest BCUT2D eigenvalue weighted by molar-refractivity contribution is 5.61. The Hall–Kier alpha value is -1.53. The molecule has 3 aliphatic heterocycles. The Kier molecular flexibility index (Phi) is 4.50. The van der Waals surface area contributed by atoms with Crippen LogP contribution in [0, 0.1) is 0 Å². The first-order chi connectivity index (χ1) is 11.7. The Balaban J connectivity index is 1.56. The molecule has 1 aromatic heterocycles. The van der Waals surface area contributed by atoms with E-state index in [-0.39, 0.29) is 0 Å². The zero-order chi connectivity index (χ0) is 16.5. The summed E-state index contributed by atoms with van der Waals surface area (Å²) in [6.07, 6.45) is 3.10. The van der Waals surface area contributed by atoms with Crippen molar-refractivity contribution in [3.63, 3.8) is 0 Å². The highest BCUT2D eigenvalue weighted by atomic mass is 16.5. The molecule has 0 spiro atoms. The van der Waals surface area contributed by atoms with Crippen LogP contribution in [0.3, 0.4) is 0 Å². The molecule has 6 heteroatoms. The van der Waals surface area contributed by atoms with Gasteiger partial charge in [-0.1, -0.05) is 0 Å². The number of hydrogen-bond acceptors (Lipinski definition) is 6. The lowest BCUT2D eigenvalue weighted by atomic mass is 10.1. The number of ether oxygens (including phenoxy) is 1. The third-order valence-electron chi connectivity index (χ3n) is 5.53. The monoisotopic (exact) mass is 331 g/mol. The normalized spacial score (nSPS) is 25.0.